The molecule has 0 unspecified atom stereocenters. The topological polar surface area (TPSA) is 72.8 Å². The van der Waals surface area contributed by atoms with E-state index in [4.69, 9.17) is 16.9 Å². The Labute approximate surface area is 179 Å². The van der Waals surface area contributed by atoms with Gasteiger partial charge in [-0.3, -0.25) is 9.89 Å². The summed E-state index contributed by atoms with van der Waals surface area (Å²) < 4.78 is 15.5. The predicted octanol–water partition coefficient (Wildman–Crippen LogP) is 5.01. The summed E-state index contributed by atoms with van der Waals surface area (Å²) in [5, 5.41) is 16.2. The molecule has 0 aliphatic carbocycles. The van der Waals surface area contributed by atoms with Crippen LogP contribution in [0.5, 0.6) is 0 Å². The van der Waals surface area contributed by atoms with E-state index >= 15 is 4.39 Å². The monoisotopic (exact) mass is 422 g/mol. The largest absolute Gasteiger partial charge is 0.338 e. The van der Waals surface area contributed by atoms with Crippen molar-refractivity contribution in [2.24, 2.45) is 0 Å². The van der Waals surface area contributed by atoms with E-state index in [0.29, 0.717) is 40.5 Å². The van der Waals surface area contributed by atoms with E-state index in [1.807, 2.05) is 19.1 Å². The SMILES string of the molecule is Cc1ccc(C(=O)N2CCC(F)(c3ccc(C#N)cc3)CC2)cc1-c1[nH]ncc1Cl. The smallest absolute Gasteiger partial charge is 0.253 e. The Kier molecular flexibility index (Phi) is 5.31. The third-order valence-corrected chi connectivity index (χ3v) is 6.01. The van der Waals surface area contributed by atoms with Crippen molar-refractivity contribution in [3.63, 3.8) is 0 Å². The summed E-state index contributed by atoms with van der Waals surface area (Å²) in [5.74, 6) is -0.131. The number of aromatic amines is 1. The molecule has 2 aromatic carbocycles. The quantitative estimate of drug-likeness (QED) is 0.644. The van der Waals surface area contributed by atoms with Crippen LogP contribution in [0.25, 0.3) is 11.3 Å². The zero-order chi connectivity index (χ0) is 21.3. The summed E-state index contributed by atoms with van der Waals surface area (Å²) in [7, 11) is 0. The van der Waals surface area contributed by atoms with Gasteiger partial charge in [0.05, 0.1) is 28.5 Å². The molecule has 1 aliphatic heterocycles. The van der Waals surface area contributed by atoms with Crippen molar-refractivity contribution in [1.82, 2.24) is 15.1 Å². The highest BCUT2D eigenvalue weighted by atomic mass is 35.5. The maximum Gasteiger partial charge on any atom is 0.253 e. The lowest BCUT2D eigenvalue weighted by Gasteiger charge is -2.37. The van der Waals surface area contributed by atoms with Crippen LogP contribution >= 0.6 is 11.6 Å². The number of likely N-dealkylation sites (tertiary alicyclic amines) is 1. The van der Waals surface area contributed by atoms with Gasteiger partial charge in [-0.15, -0.1) is 0 Å². The number of rotatable bonds is 3. The molecule has 0 radical (unpaired) electrons. The molecule has 2 heterocycles. The van der Waals surface area contributed by atoms with Gasteiger partial charge in [0.25, 0.3) is 5.91 Å². The van der Waals surface area contributed by atoms with Crippen molar-refractivity contribution in [3.8, 4) is 17.3 Å². The molecular formula is C23H20ClFN4O. The number of alkyl halides is 1. The van der Waals surface area contributed by atoms with Crippen LogP contribution in [0.15, 0.2) is 48.7 Å². The summed E-state index contributed by atoms with van der Waals surface area (Å²) in [5.41, 5.74) is 2.56. The molecule has 0 saturated carbocycles. The maximum absolute atomic E-state index is 15.5. The van der Waals surface area contributed by atoms with Crippen molar-refractivity contribution in [3.05, 3.63) is 75.9 Å². The number of carbonyl (C=O) groups excluding carboxylic acids is 1. The Morgan fingerprint density at radius 3 is 2.53 bits per heavy atom. The minimum absolute atomic E-state index is 0.131. The van der Waals surface area contributed by atoms with Gasteiger partial charge in [0.2, 0.25) is 0 Å². The Morgan fingerprint density at radius 2 is 1.93 bits per heavy atom. The molecule has 1 aromatic heterocycles. The number of halogens is 2. The van der Waals surface area contributed by atoms with E-state index in [1.165, 1.54) is 6.20 Å². The summed E-state index contributed by atoms with van der Waals surface area (Å²) in [6, 6.07) is 14.1. The standard InChI is InChI=1S/C23H20ClFN4O/c1-15-2-5-17(12-19(15)21-20(24)14-27-28-21)22(30)29-10-8-23(25,9-11-29)18-6-3-16(13-26)4-7-18/h2-7,12,14H,8-11H2,1H3,(H,27,28). The van der Waals surface area contributed by atoms with Gasteiger partial charge < -0.3 is 4.90 Å². The lowest BCUT2D eigenvalue weighted by Crippen LogP contribution is -2.43. The molecule has 152 valence electrons. The molecule has 1 saturated heterocycles. The van der Waals surface area contributed by atoms with E-state index in [1.54, 1.807) is 41.3 Å². The van der Waals surface area contributed by atoms with Crippen LogP contribution in [0, 0.1) is 18.3 Å². The van der Waals surface area contributed by atoms with Crippen LogP contribution in [0.4, 0.5) is 4.39 Å². The van der Waals surface area contributed by atoms with E-state index in [9.17, 15) is 4.79 Å². The third-order valence-electron chi connectivity index (χ3n) is 5.72. The number of piperidine rings is 1. The van der Waals surface area contributed by atoms with Gasteiger partial charge in [0.15, 0.2) is 0 Å². The van der Waals surface area contributed by atoms with Crippen LogP contribution in [0.2, 0.25) is 5.02 Å². The normalized spacial score (nSPS) is 15.6. The highest BCUT2D eigenvalue weighted by molar-refractivity contribution is 6.33. The molecule has 0 bridgehead atoms. The molecule has 0 spiro atoms. The number of nitriles is 1. The average Bonchev–Trinajstić information content (AvgIpc) is 3.20. The Hall–Kier alpha value is -3.17. The van der Waals surface area contributed by atoms with Gasteiger partial charge in [-0.2, -0.15) is 10.4 Å². The fourth-order valence-corrected chi connectivity index (χ4v) is 4.06. The fraction of sp³-hybridized carbons (Fsp3) is 0.261. The molecule has 1 fully saturated rings. The lowest BCUT2D eigenvalue weighted by molar-refractivity contribution is 0.0421. The molecule has 5 nitrogen and oxygen atoms in total. The Balaban J connectivity index is 1.51. The molecule has 0 atom stereocenters. The number of nitrogens with zero attached hydrogens (tertiary/aromatic N) is 3. The number of hydrogen-bond donors (Lipinski definition) is 1. The van der Waals surface area contributed by atoms with Gasteiger partial charge in [-0.1, -0.05) is 29.8 Å². The van der Waals surface area contributed by atoms with Crippen molar-refractivity contribution in [1.29, 1.82) is 5.26 Å². The number of benzene rings is 2. The summed E-state index contributed by atoms with van der Waals surface area (Å²) in [6.07, 6.45) is 1.96. The van der Waals surface area contributed by atoms with Crippen molar-refractivity contribution < 1.29 is 9.18 Å². The molecule has 1 amide bonds. The van der Waals surface area contributed by atoms with Crippen molar-refractivity contribution >= 4 is 17.5 Å². The first-order chi connectivity index (χ1) is 14.4. The summed E-state index contributed by atoms with van der Waals surface area (Å²) in [6.45, 7) is 2.59. The molecule has 1 N–H and O–H groups in total. The molecule has 1 aliphatic rings. The first-order valence-corrected chi connectivity index (χ1v) is 10.1. The third kappa shape index (κ3) is 3.69. The molecule has 7 heteroatoms. The number of carbonyl (C=O) groups is 1. The molecule has 4 rings (SSSR count). The number of hydrogen-bond acceptors (Lipinski definition) is 3. The van der Waals surface area contributed by atoms with Gasteiger partial charge >= 0.3 is 0 Å². The second kappa shape index (κ2) is 7.92. The molecule has 3 aromatic rings. The summed E-state index contributed by atoms with van der Waals surface area (Å²) >= 11 is 6.19. The van der Waals surface area contributed by atoms with Gasteiger partial charge in [0.1, 0.15) is 5.67 Å². The van der Waals surface area contributed by atoms with Crippen LogP contribution in [-0.4, -0.2) is 34.1 Å². The maximum atomic E-state index is 15.5. The molecule has 30 heavy (non-hydrogen) atoms. The number of aromatic nitrogens is 2. The minimum atomic E-state index is -1.49. The minimum Gasteiger partial charge on any atom is -0.338 e. The summed E-state index contributed by atoms with van der Waals surface area (Å²) in [4.78, 5) is 14.7. The Morgan fingerprint density at radius 1 is 1.23 bits per heavy atom. The fourth-order valence-electron chi connectivity index (χ4n) is 3.86. The molecular weight excluding hydrogens is 403 g/mol. The lowest BCUT2D eigenvalue weighted by atomic mass is 9.85. The highest BCUT2D eigenvalue weighted by Gasteiger charge is 2.37. The van der Waals surface area contributed by atoms with Gasteiger partial charge in [-0.25, -0.2) is 4.39 Å². The second-order valence-corrected chi connectivity index (χ2v) is 7.98. The second-order valence-electron chi connectivity index (χ2n) is 7.57. The van der Waals surface area contributed by atoms with Gasteiger partial charge in [-0.05, 0) is 42.3 Å². The Bertz CT molecular complexity index is 1120. The van der Waals surface area contributed by atoms with Crippen LogP contribution in [0.3, 0.4) is 0 Å². The van der Waals surface area contributed by atoms with Gasteiger partial charge in [0, 0.05) is 37.1 Å². The van der Waals surface area contributed by atoms with Crippen molar-refractivity contribution in [2.75, 3.05) is 13.1 Å². The van der Waals surface area contributed by atoms with Crippen LogP contribution in [-0.2, 0) is 5.67 Å². The number of amides is 1. The van der Waals surface area contributed by atoms with E-state index in [2.05, 4.69) is 10.2 Å². The predicted molar refractivity (Wildman–Crippen MR) is 113 cm³/mol. The first kappa shape index (κ1) is 20.1. The van der Waals surface area contributed by atoms with Crippen LogP contribution < -0.4 is 0 Å². The van der Waals surface area contributed by atoms with E-state index in [0.717, 1.165) is 11.1 Å². The number of nitrogens with one attached hydrogen (secondary N) is 1. The number of H-pyrrole nitrogens is 1. The van der Waals surface area contributed by atoms with Crippen LogP contribution in [0.1, 0.15) is 39.9 Å². The average molecular weight is 423 g/mol. The zero-order valence-corrected chi connectivity index (χ0v) is 17.2. The first-order valence-electron chi connectivity index (χ1n) is 9.70. The highest BCUT2D eigenvalue weighted by Crippen LogP contribution is 2.37. The number of aryl methyl sites for hydroxylation is 1. The van der Waals surface area contributed by atoms with E-state index < -0.39 is 5.67 Å². The zero-order valence-electron chi connectivity index (χ0n) is 16.5. The van der Waals surface area contributed by atoms with E-state index in [-0.39, 0.29) is 18.7 Å². The van der Waals surface area contributed by atoms with Crippen molar-refractivity contribution in [2.45, 2.75) is 25.4 Å².